The summed E-state index contributed by atoms with van der Waals surface area (Å²) in [6, 6.07) is 14.6. The minimum absolute atomic E-state index is 0. The predicted molar refractivity (Wildman–Crippen MR) is 130 cm³/mol. The fraction of sp³-hybridized carbons (Fsp3) is 0.455. The van der Waals surface area contributed by atoms with Crippen LogP contribution in [0.3, 0.4) is 0 Å². The zero-order chi connectivity index (χ0) is 20.3. The van der Waals surface area contributed by atoms with Crippen molar-refractivity contribution in [2.45, 2.75) is 38.9 Å². The number of piperidine rings is 1. The molecule has 1 amide bonds. The molecule has 1 aromatic heterocycles. The van der Waals surface area contributed by atoms with Gasteiger partial charge in [-0.2, -0.15) is 0 Å². The number of benzene rings is 1. The van der Waals surface area contributed by atoms with Gasteiger partial charge in [-0.15, -0.1) is 24.0 Å². The standard InChI is InChI=1S/C22H31N5O2.HI/c1-2-23-22(25-16-21(28)24-15-20-9-6-14-29-20)26-19-10-12-27(13-11-19)17-18-7-4-3-5-8-18;/h3-9,14,19H,2,10-13,15-17H2,1H3,(H,24,28)(H2,23,25,26);1H. The average molecular weight is 525 g/mol. The van der Waals surface area contributed by atoms with Gasteiger partial charge in [0.2, 0.25) is 5.91 Å². The molecule has 3 N–H and O–H groups in total. The molecule has 30 heavy (non-hydrogen) atoms. The monoisotopic (exact) mass is 525 g/mol. The van der Waals surface area contributed by atoms with Crippen LogP contribution in [0.2, 0.25) is 0 Å². The van der Waals surface area contributed by atoms with E-state index in [4.69, 9.17) is 4.42 Å². The first kappa shape index (κ1) is 24.2. The normalized spacial score (nSPS) is 15.3. The lowest BCUT2D eigenvalue weighted by molar-refractivity contribution is -0.119. The maximum Gasteiger partial charge on any atom is 0.242 e. The lowest BCUT2D eigenvalue weighted by Gasteiger charge is -2.33. The Bertz CT molecular complexity index is 759. The van der Waals surface area contributed by atoms with Gasteiger partial charge in [-0.1, -0.05) is 30.3 Å². The quantitative estimate of drug-likeness (QED) is 0.281. The van der Waals surface area contributed by atoms with E-state index in [0.29, 0.717) is 18.5 Å². The van der Waals surface area contributed by atoms with Crippen LogP contribution in [-0.4, -0.2) is 49.0 Å². The van der Waals surface area contributed by atoms with Gasteiger partial charge in [0, 0.05) is 32.2 Å². The van der Waals surface area contributed by atoms with Gasteiger partial charge in [0.25, 0.3) is 0 Å². The highest BCUT2D eigenvalue weighted by Crippen LogP contribution is 2.13. The van der Waals surface area contributed by atoms with Crippen LogP contribution in [0, 0.1) is 0 Å². The summed E-state index contributed by atoms with van der Waals surface area (Å²) < 4.78 is 5.22. The molecule has 0 radical (unpaired) electrons. The van der Waals surface area contributed by atoms with Gasteiger partial charge in [0.1, 0.15) is 12.3 Å². The Kier molecular flexibility index (Phi) is 10.7. The number of rotatable bonds is 8. The highest BCUT2D eigenvalue weighted by Gasteiger charge is 2.20. The Labute approximate surface area is 195 Å². The van der Waals surface area contributed by atoms with Gasteiger partial charge in [0.15, 0.2) is 5.96 Å². The molecule has 1 aliphatic heterocycles. The second-order valence-corrected chi connectivity index (χ2v) is 7.23. The molecule has 164 valence electrons. The third-order valence-corrected chi connectivity index (χ3v) is 4.94. The number of nitrogens with one attached hydrogen (secondary N) is 3. The molecule has 1 saturated heterocycles. The number of carbonyl (C=O) groups is 1. The fourth-order valence-electron chi connectivity index (χ4n) is 3.40. The maximum atomic E-state index is 12.0. The molecule has 1 fully saturated rings. The third kappa shape index (κ3) is 8.35. The molecule has 1 aromatic carbocycles. The summed E-state index contributed by atoms with van der Waals surface area (Å²) >= 11 is 0. The molecule has 0 spiro atoms. The van der Waals surface area contributed by atoms with Gasteiger partial charge in [-0.3, -0.25) is 9.69 Å². The SMILES string of the molecule is CCNC(=NCC(=O)NCc1ccco1)NC1CCN(Cc2ccccc2)CC1.I. The lowest BCUT2D eigenvalue weighted by atomic mass is 10.0. The van der Waals surface area contributed by atoms with E-state index in [1.165, 1.54) is 5.56 Å². The second kappa shape index (κ2) is 13.3. The number of furan rings is 1. The smallest absolute Gasteiger partial charge is 0.242 e. The number of amides is 1. The van der Waals surface area contributed by atoms with Gasteiger partial charge in [-0.05, 0) is 37.5 Å². The van der Waals surface area contributed by atoms with Crippen molar-refractivity contribution in [2.24, 2.45) is 4.99 Å². The van der Waals surface area contributed by atoms with E-state index in [9.17, 15) is 4.79 Å². The molecule has 0 unspecified atom stereocenters. The molecule has 1 aliphatic rings. The minimum atomic E-state index is -0.128. The van der Waals surface area contributed by atoms with Crippen molar-refractivity contribution in [3.05, 3.63) is 60.1 Å². The summed E-state index contributed by atoms with van der Waals surface area (Å²) in [5, 5.41) is 9.53. The number of hydrogen-bond donors (Lipinski definition) is 3. The largest absolute Gasteiger partial charge is 0.467 e. The van der Waals surface area contributed by atoms with E-state index in [-0.39, 0.29) is 36.4 Å². The first-order valence-corrected chi connectivity index (χ1v) is 10.3. The van der Waals surface area contributed by atoms with E-state index in [1.807, 2.05) is 13.0 Å². The summed E-state index contributed by atoms with van der Waals surface area (Å²) in [4.78, 5) is 19.0. The number of hydrogen-bond acceptors (Lipinski definition) is 4. The topological polar surface area (TPSA) is 81.9 Å². The molecule has 3 rings (SSSR count). The zero-order valence-electron chi connectivity index (χ0n) is 17.5. The molecule has 0 atom stereocenters. The third-order valence-electron chi connectivity index (χ3n) is 4.94. The first-order chi connectivity index (χ1) is 14.2. The Balaban J connectivity index is 0.00000320. The number of nitrogens with zero attached hydrogens (tertiary/aromatic N) is 2. The molecule has 2 aromatic rings. The summed E-state index contributed by atoms with van der Waals surface area (Å²) in [5.74, 6) is 1.30. The van der Waals surface area contributed by atoms with Crippen LogP contribution < -0.4 is 16.0 Å². The highest BCUT2D eigenvalue weighted by molar-refractivity contribution is 14.0. The van der Waals surface area contributed by atoms with Gasteiger partial charge in [0.05, 0.1) is 12.8 Å². The summed E-state index contributed by atoms with van der Waals surface area (Å²) in [6.07, 6.45) is 3.71. The summed E-state index contributed by atoms with van der Waals surface area (Å²) in [5.41, 5.74) is 1.36. The molecule has 7 nitrogen and oxygen atoms in total. The predicted octanol–water partition coefficient (Wildman–Crippen LogP) is 2.73. The van der Waals surface area contributed by atoms with Gasteiger partial charge < -0.3 is 20.4 Å². The average Bonchev–Trinajstić information content (AvgIpc) is 3.26. The molecular formula is C22H32IN5O2. The molecule has 8 heteroatoms. The van der Waals surface area contributed by atoms with Crippen LogP contribution >= 0.6 is 24.0 Å². The number of halogens is 1. The van der Waals surface area contributed by atoms with Gasteiger partial charge in [-0.25, -0.2) is 4.99 Å². The fourth-order valence-corrected chi connectivity index (χ4v) is 3.40. The maximum absolute atomic E-state index is 12.0. The minimum Gasteiger partial charge on any atom is -0.467 e. The first-order valence-electron chi connectivity index (χ1n) is 10.3. The van der Waals surface area contributed by atoms with Crippen LogP contribution in [-0.2, 0) is 17.9 Å². The molecular weight excluding hydrogens is 493 g/mol. The van der Waals surface area contributed by atoms with Crippen LogP contribution in [0.4, 0.5) is 0 Å². The number of likely N-dealkylation sites (tertiary alicyclic amines) is 1. The lowest BCUT2D eigenvalue weighted by Crippen LogP contribution is -2.48. The Hall–Kier alpha value is -2.07. The number of aliphatic imine (C=N–C) groups is 1. The summed E-state index contributed by atoms with van der Waals surface area (Å²) in [7, 11) is 0. The Morgan fingerprint density at radius 2 is 1.90 bits per heavy atom. The van der Waals surface area contributed by atoms with Crippen LogP contribution in [0.25, 0.3) is 0 Å². The molecule has 0 aliphatic carbocycles. The number of carbonyl (C=O) groups excluding carboxylic acids is 1. The Morgan fingerprint density at radius 1 is 1.13 bits per heavy atom. The van der Waals surface area contributed by atoms with Crippen molar-refractivity contribution in [3.63, 3.8) is 0 Å². The van der Waals surface area contributed by atoms with Crippen molar-refractivity contribution in [2.75, 3.05) is 26.2 Å². The van der Waals surface area contributed by atoms with E-state index in [0.717, 1.165) is 44.8 Å². The van der Waals surface area contributed by atoms with E-state index >= 15 is 0 Å². The molecule has 0 bridgehead atoms. The van der Waals surface area contributed by atoms with Crippen molar-refractivity contribution >= 4 is 35.8 Å². The zero-order valence-corrected chi connectivity index (χ0v) is 19.8. The van der Waals surface area contributed by atoms with Crippen molar-refractivity contribution in [3.8, 4) is 0 Å². The molecule has 0 saturated carbocycles. The van der Waals surface area contributed by atoms with Crippen LogP contribution in [0.15, 0.2) is 58.1 Å². The van der Waals surface area contributed by atoms with Crippen LogP contribution in [0.5, 0.6) is 0 Å². The molecule has 2 heterocycles. The van der Waals surface area contributed by atoms with E-state index in [2.05, 4.69) is 56.2 Å². The van der Waals surface area contributed by atoms with Crippen molar-refractivity contribution < 1.29 is 9.21 Å². The van der Waals surface area contributed by atoms with Gasteiger partial charge >= 0.3 is 0 Å². The van der Waals surface area contributed by atoms with Crippen molar-refractivity contribution in [1.82, 2.24) is 20.9 Å². The summed E-state index contributed by atoms with van der Waals surface area (Å²) in [6.45, 7) is 6.35. The van der Waals surface area contributed by atoms with Crippen LogP contribution in [0.1, 0.15) is 31.1 Å². The highest BCUT2D eigenvalue weighted by atomic mass is 127. The number of guanidine groups is 1. The Morgan fingerprint density at radius 3 is 2.57 bits per heavy atom. The second-order valence-electron chi connectivity index (χ2n) is 7.23. The van der Waals surface area contributed by atoms with E-state index in [1.54, 1.807) is 12.3 Å². The van der Waals surface area contributed by atoms with E-state index < -0.39 is 0 Å². The van der Waals surface area contributed by atoms with Crippen molar-refractivity contribution in [1.29, 1.82) is 0 Å².